The largest absolute Gasteiger partial charge is 0.356 e. The summed E-state index contributed by atoms with van der Waals surface area (Å²) in [5.41, 5.74) is 8.20. The number of carbonyl (C=O) groups is 2. The second-order valence-corrected chi connectivity index (χ2v) is 4.16. The summed E-state index contributed by atoms with van der Waals surface area (Å²) in [5, 5.41) is 6.17. The summed E-state index contributed by atoms with van der Waals surface area (Å²) in [4.78, 5) is 26.7. The van der Waals surface area contributed by atoms with Crippen LogP contribution in [0.3, 0.4) is 0 Å². The van der Waals surface area contributed by atoms with Crippen molar-refractivity contribution in [2.45, 2.75) is 19.8 Å². The minimum absolute atomic E-state index is 0.0565. The Balaban J connectivity index is 2.23. The van der Waals surface area contributed by atoms with Crippen molar-refractivity contribution in [1.29, 1.82) is 0 Å². The first-order valence-electron chi connectivity index (χ1n) is 5.66. The highest BCUT2D eigenvalue weighted by Gasteiger charge is 2.28. The second kappa shape index (κ2) is 6.75. The first-order valence-corrected chi connectivity index (χ1v) is 5.66. The lowest BCUT2D eigenvalue weighted by Gasteiger charge is -2.16. The number of carbonyl (C=O) groups excluding carboxylic acids is 2. The molecule has 1 saturated heterocycles. The fourth-order valence-corrected chi connectivity index (χ4v) is 1.88. The van der Waals surface area contributed by atoms with E-state index < -0.39 is 0 Å². The summed E-state index contributed by atoms with van der Waals surface area (Å²) in [5.74, 6) is 0.184. The number of likely N-dealkylation sites (tertiary alicyclic amines) is 1. The number of nitrogens with zero attached hydrogens (tertiary/aromatic N) is 4. The highest BCUT2D eigenvalue weighted by molar-refractivity contribution is 5.78. The molecule has 1 aliphatic rings. The summed E-state index contributed by atoms with van der Waals surface area (Å²) in [7, 11) is 0. The highest BCUT2D eigenvalue weighted by Crippen LogP contribution is 2.18. The molecule has 94 valence electrons. The smallest absolute Gasteiger partial charge is 0.222 e. The number of nitrogens with one attached hydrogen (secondary N) is 1. The Labute approximate surface area is 99.8 Å². The summed E-state index contributed by atoms with van der Waals surface area (Å²) < 4.78 is 0. The van der Waals surface area contributed by atoms with Crippen LogP contribution in [0.1, 0.15) is 19.8 Å². The third-order valence-corrected chi connectivity index (χ3v) is 2.68. The van der Waals surface area contributed by atoms with Gasteiger partial charge in [-0.05, 0) is 17.9 Å². The van der Waals surface area contributed by atoms with E-state index in [1.165, 1.54) is 6.92 Å². The fraction of sp³-hybridized carbons (Fsp3) is 0.800. The molecule has 1 heterocycles. The van der Waals surface area contributed by atoms with Gasteiger partial charge in [0.2, 0.25) is 11.8 Å². The predicted octanol–water partition coefficient (Wildman–Crippen LogP) is 0.671. The minimum Gasteiger partial charge on any atom is -0.356 e. The zero-order valence-electron chi connectivity index (χ0n) is 9.93. The number of hydrogen-bond acceptors (Lipinski definition) is 3. The summed E-state index contributed by atoms with van der Waals surface area (Å²) in [6.45, 7) is 3.73. The van der Waals surface area contributed by atoms with E-state index >= 15 is 0 Å². The van der Waals surface area contributed by atoms with Crippen LogP contribution in [-0.2, 0) is 9.59 Å². The SMILES string of the molecule is CC(=O)NCCCN1CC(CN=[N+]=[N-])CC1=O. The van der Waals surface area contributed by atoms with Crippen LogP contribution < -0.4 is 5.32 Å². The van der Waals surface area contributed by atoms with Gasteiger partial charge in [-0.3, -0.25) is 9.59 Å². The molecular formula is C10H17N5O2. The van der Waals surface area contributed by atoms with Gasteiger partial charge in [0.15, 0.2) is 0 Å². The number of amides is 2. The Hall–Kier alpha value is -1.75. The Morgan fingerprint density at radius 1 is 1.71 bits per heavy atom. The monoisotopic (exact) mass is 239 g/mol. The maximum atomic E-state index is 11.6. The zero-order valence-corrected chi connectivity index (χ0v) is 9.93. The molecule has 7 nitrogen and oxygen atoms in total. The zero-order chi connectivity index (χ0) is 12.7. The molecule has 0 aromatic heterocycles. The molecule has 0 saturated carbocycles. The van der Waals surface area contributed by atoms with Crippen LogP contribution in [0.15, 0.2) is 5.11 Å². The molecule has 0 spiro atoms. The van der Waals surface area contributed by atoms with E-state index in [2.05, 4.69) is 15.3 Å². The van der Waals surface area contributed by atoms with E-state index in [1.54, 1.807) is 4.90 Å². The van der Waals surface area contributed by atoms with Crippen molar-refractivity contribution in [3.8, 4) is 0 Å². The minimum atomic E-state index is -0.0565. The molecule has 1 unspecified atom stereocenters. The molecule has 17 heavy (non-hydrogen) atoms. The van der Waals surface area contributed by atoms with Crippen molar-refractivity contribution in [2.24, 2.45) is 11.0 Å². The summed E-state index contributed by atoms with van der Waals surface area (Å²) >= 11 is 0. The van der Waals surface area contributed by atoms with Gasteiger partial charge in [0.05, 0.1) is 0 Å². The Bertz CT molecular complexity index is 338. The molecule has 7 heteroatoms. The molecule has 2 amide bonds. The molecular weight excluding hydrogens is 222 g/mol. The van der Waals surface area contributed by atoms with Gasteiger partial charge in [0.25, 0.3) is 0 Å². The summed E-state index contributed by atoms with van der Waals surface area (Å²) in [6, 6.07) is 0. The van der Waals surface area contributed by atoms with E-state index in [1.807, 2.05) is 0 Å². The van der Waals surface area contributed by atoms with Gasteiger partial charge >= 0.3 is 0 Å². The third-order valence-electron chi connectivity index (χ3n) is 2.68. The standard InChI is InChI=1S/C10H17N5O2/c1-8(16)12-3-2-4-15-7-9(5-10(15)17)6-13-14-11/h9H,2-7H2,1H3,(H,12,16). The average molecular weight is 239 g/mol. The highest BCUT2D eigenvalue weighted by atomic mass is 16.2. The van der Waals surface area contributed by atoms with Crippen LogP contribution in [0.5, 0.6) is 0 Å². The van der Waals surface area contributed by atoms with E-state index in [0.29, 0.717) is 32.6 Å². The van der Waals surface area contributed by atoms with Gasteiger partial charge in [0, 0.05) is 44.4 Å². The molecule has 0 aromatic carbocycles. The first kappa shape index (κ1) is 13.3. The van der Waals surface area contributed by atoms with Crippen LogP contribution >= 0.6 is 0 Å². The lowest BCUT2D eigenvalue weighted by atomic mass is 10.1. The van der Waals surface area contributed by atoms with Gasteiger partial charge in [0.1, 0.15) is 0 Å². The van der Waals surface area contributed by atoms with Crippen LogP contribution in [0, 0.1) is 5.92 Å². The maximum absolute atomic E-state index is 11.6. The number of hydrogen-bond donors (Lipinski definition) is 1. The van der Waals surface area contributed by atoms with Gasteiger partial charge in [-0.15, -0.1) is 0 Å². The lowest BCUT2D eigenvalue weighted by Crippen LogP contribution is -2.30. The molecule has 1 atom stereocenters. The van der Waals surface area contributed by atoms with Crippen LogP contribution in [0.25, 0.3) is 10.4 Å². The van der Waals surface area contributed by atoms with Crippen molar-refractivity contribution < 1.29 is 9.59 Å². The van der Waals surface area contributed by atoms with Crippen molar-refractivity contribution in [3.05, 3.63) is 10.4 Å². The molecule has 0 aromatic rings. The quantitative estimate of drug-likeness (QED) is 0.319. The predicted molar refractivity (Wildman–Crippen MR) is 62.0 cm³/mol. The van der Waals surface area contributed by atoms with E-state index in [4.69, 9.17) is 5.53 Å². The first-order chi connectivity index (χ1) is 8.13. The maximum Gasteiger partial charge on any atom is 0.222 e. The van der Waals surface area contributed by atoms with E-state index in [9.17, 15) is 9.59 Å². The van der Waals surface area contributed by atoms with Gasteiger partial charge in [-0.25, -0.2) is 0 Å². The molecule has 0 radical (unpaired) electrons. The topological polar surface area (TPSA) is 98.2 Å². The van der Waals surface area contributed by atoms with E-state index in [-0.39, 0.29) is 17.7 Å². The molecule has 1 fully saturated rings. The lowest BCUT2D eigenvalue weighted by molar-refractivity contribution is -0.127. The normalized spacial score (nSPS) is 19.0. The van der Waals surface area contributed by atoms with Gasteiger partial charge < -0.3 is 10.2 Å². The van der Waals surface area contributed by atoms with Crippen LogP contribution in [0.4, 0.5) is 0 Å². The molecule has 1 rings (SSSR count). The van der Waals surface area contributed by atoms with Crippen LogP contribution in [0.2, 0.25) is 0 Å². The molecule has 1 aliphatic heterocycles. The average Bonchev–Trinajstić information content (AvgIpc) is 2.62. The van der Waals surface area contributed by atoms with Crippen molar-refractivity contribution in [3.63, 3.8) is 0 Å². The molecule has 0 bridgehead atoms. The Morgan fingerprint density at radius 2 is 2.47 bits per heavy atom. The molecule has 0 aliphatic carbocycles. The third kappa shape index (κ3) is 4.74. The van der Waals surface area contributed by atoms with Gasteiger partial charge in [-0.2, -0.15) is 0 Å². The summed E-state index contributed by atoms with van der Waals surface area (Å²) in [6.07, 6.45) is 1.21. The van der Waals surface area contributed by atoms with Crippen molar-refractivity contribution in [2.75, 3.05) is 26.2 Å². The van der Waals surface area contributed by atoms with Gasteiger partial charge in [-0.1, -0.05) is 5.11 Å². The second-order valence-electron chi connectivity index (χ2n) is 4.16. The Kier molecular flexibility index (Phi) is 5.29. The Morgan fingerprint density at radius 3 is 3.12 bits per heavy atom. The number of rotatable bonds is 6. The fourth-order valence-electron chi connectivity index (χ4n) is 1.88. The number of azide groups is 1. The van der Waals surface area contributed by atoms with Crippen molar-refractivity contribution in [1.82, 2.24) is 10.2 Å². The molecule has 1 N–H and O–H groups in total. The van der Waals surface area contributed by atoms with E-state index in [0.717, 1.165) is 6.42 Å². The van der Waals surface area contributed by atoms with Crippen molar-refractivity contribution >= 4 is 11.8 Å². The van der Waals surface area contributed by atoms with Crippen LogP contribution in [-0.4, -0.2) is 42.9 Å².